The van der Waals surface area contributed by atoms with Crippen LogP contribution in [0.15, 0.2) is 72.3 Å². The van der Waals surface area contributed by atoms with Gasteiger partial charge in [-0.25, -0.2) is 4.39 Å². The molecule has 0 aromatic heterocycles. The normalized spacial score (nSPS) is 19.0. The lowest BCUT2D eigenvalue weighted by Gasteiger charge is -2.28. The third kappa shape index (κ3) is 4.14. The number of fused-ring (bicyclic) bond motifs is 1. The summed E-state index contributed by atoms with van der Waals surface area (Å²) in [6.07, 6.45) is 0. The van der Waals surface area contributed by atoms with E-state index < -0.39 is 17.7 Å². The average Bonchev–Trinajstić information content (AvgIpc) is 3.10. The second-order valence-electron chi connectivity index (χ2n) is 8.92. The van der Waals surface area contributed by atoms with Crippen molar-refractivity contribution in [2.24, 2.45) is 0 Å². The van der Waals surface area contributed by atoms with E-state index in [2.05, 4.69) is 0 Å². The van der Waals surface area contributed by atoms with Crippen LogP contribution in [0, 0.1) is 12.7 Å². The molecule has 3 aromatic carbocycles. The number of carbonyl (C=O) groups is 2. The van der Waals surface area contributed by atoms with Gasteiger partial charge in [0.2, 0.25) is 0 Å². The quantitative estimate of drug-likeness (QED) is 0.342. The molecule has 0 bridgehead atoms. The number of aliphatic hydroxyl groups is 1. The molecule has 0 radical (unpaired) electrons. The molecule has 2 aliphatic heterocycles. The number of likely N-dealkylation sites (tertiary alicyclic amines) is 1. The molecule has 7 heteroatoms. The summed E-state index contributed by atoms with van der Waals surface area (Å²) < 4.78 is 19.1. The molecule has 0 spiro atoms. The number of aliphatic hydroxyl groups excluding tert-OH is 1. The predicted octanol–water partition coefficient (Wildman–Crippen LogP) is 4.58. The molecular weight excluding hydrogens is 447 g/mol. The van der Waals surface area contributed by atoms with Gasteiger partial charge in [0.05, 0.1) is 23.8 Å². The van der Waals surface area contributed by atoms with Gasteiger partial charge in [-0.3, -0.25) is 9.59 Å². The molecule has 178 valence electrons. The van der Waals surface area contributed by atoms with E-state index in [1.807, 2.05) is 43.1 Å². The molecule has 35 heavy (non-hydrogen) atoms. The summed E-state index contributed by atoms with van der Waals surface area (Å²) in [5, 5.41) is 11.4. The molecule has 1 amide bonds. The van der Waals surface area contributed by atoms with Crippen molar-refractivity contribution in [2.45, 2.75) is 19.5 Å². The van der Waals surface area contributed by atoms with E-state index in [1.54, 1.807) is 30.3 Å². The number of aryl methyl sites for hydroxylation is 1. The van der Waals surface area contributed by atoms with E-state index in [4.69, 9.17) is 4.74 Å². The third-order valence-electron chi connectivity index (χ3n) is 6.49. The topological polar surface area (TPSA) is 70.1 Å². The molecule has 1 saturated heterocycles. The summed E-state index contributed by atoms with van der Waals surface area (Å²) in [7, 11) is 1.93. The number of ether oxygens (including phenoxy) is 1. The summed E-state index contributed by atoms with van der Waals surface area (Å²) in [5.41, 5.74) is 3.61. The number of likely N-dealkylation sites (N-methyl/N-ethyl adjacent to an activating group) is 1. The molecular formula is C28H25FN2O4. The smallest absolute Gasteiger partial charge is 0.295 e. The lowest BCUT2D eigenvalue weighted by molar-refractivity contribution is -0.140. The summed E-state index contributed by atoms with van der Waals surface area (Å²) in [5.74, 6) is -1.38. The fraction of sp³-hybridized carbons (Fsp3) is 0.214. The summed E-state index contributed by atoms with van der Waals surface area (Å²) in [4.78, 5) is 29.9. The van der Waals surface area contributed by atoms with Crippen LogP contribution in [0.25, 0.3) is 5.76 Å². The minimum atomic E-state index is -0.787. The highest BCUT2D eigenvalue weighted by atomic mass is 19.1. The molecule has 5 rings (SSSR count). The maximum absolute atomic E-state index is 13.4. The first-order valence-electron chi connectivity index (χ1n) is 11.4. The Labute approximate surface area is 202 Å². The van der Waals surface area contributed by atoms with Crippen molar-refractivity contribution in [2.75, 3.05) is 25.1 Å². The van der Waals surface area contributed by atoms with Crippen LogP contribution in [0.3, 0.4) is 0 Å². The summed E-state index contributed by atoms with van der Waals surface area (Å²) in [6.45, 7) is 3.29. The van der Waals surface area contributed by atoms with Crippen LogP contribution in [-0.4, -0.2) is 41.9 Å². The number of ketones is 1. The van der Waals surface area contributed by atoms with Gasteiger partial charge >= 0.3 is 0 Å². The fourth-order valence-corrected chi connectivity index (χ4v) is 4.67. The summed E-state index contributed by atoms with van der Waals surface area (Å²) in [6, 6.07) is 17.8. The van der Waals surface area contributed by atoms with Crippen LogP contribution in [0.4, 0.5) is 10.1 Å². The van der Waals surface area contributed by atoms with Gasteiger partial charge in [0.15, 0.2) is 0 Å². The lowest BCUT2D eigenvalue weighted by Crippen LogP contribution is -2.29. The van der Waals surface area contributed by atoms with E-state index in [1.165, 1.54) is 17.0 Å². The maximum atomic E-state index is 13.4. The number of Topliss-reactive ketones (excluding diaryl/α,β-unsaturated/α-hetero) is 1. The highest BCUT2D eigenvalue weighted by Gasteiger charge is 2.46. The molecule has 1 unspecified atom stereocenters. The highest BCUT2D eigenvalue weighted by molar-refractivity contribution is 6.46. The molecule has 6 nitrogen and oxygen atoms in total. The first kappa shape index (κ1) is 22.7. The largest absolute Gasteiger partial charge is 0.507 e. The molecule has 3 aromatic rings. The number of hydrogen-bond donors (Lipinski definition) is 1. The van der Waals surface area contributed by atoms with Gasteiger partial charge in [0.25, 0.3) is 11.7 Å². The van der Waals surface area contributed by atoms with Gasteiger partial charge in [0, 0.05) is 19.2 Å². The van der Waals surface area contributed by atoms with Gasteiger partial charge in [-0.2, -0.15) is 0 Å². The Kier molecular flexibility index (Phi) is 5.76. The highest BCUT2D eigenvalue weighted by Crippen LogP contribution is 2.42. The Morgan fingerprint density at radius 2 is 1.86 bits per heavy atom. The van der Waals surface area contributed by atoms with Gasteiger partial charge in [-0.05, 0) is 48.4 Å². The number of carbonyl (C=O) groups excluding carboxylic acids is 2. The standard InChI is InChI=1S/C28H25FN2O4/c1-17-4-3-5-19(14-17)25-24(26(32)20-8-11-23-22(15-20)30(2)12-13-35-23)27(33)28(34)31(25)16-18-6-9-21(29)10-7-18/h3-11,14-15,25,32H,12-13,16H2,1-2H3/b26-24-. The number of rotatable bonds is 4. The molecule has 1 atom stereocenters. The summed E-state index contributed by atoms with van der Waals surface area (Å²) >= 11 is 0. The van der Waals surface area contributed by atoms with Crippen molar-refractivity contribution in [1.29, 1.82) is 0 Å². The Morgan fingerprint density at radius 3 is 2.60 bits per heavy atom. The van der Waals surface area contributed by atoms with Crippen molar-refractivity contribution in [1.82, 2.24) is 4.90 Å². The van der Waals surface area contributed by atoms with Crippen LogP contribution >= 0.6 is 0 Å². The van der Waals surface area contributed by atoms with Crippen molar-refractivity contribution in [3.63, 3.8) is 0 Å². The number of hydrogen-bond acceptors (Lipinski definition) is 5. The monoisotopic (exact) mass is 472 g/mol. The zero-order valence-corrected chi connectivity index (χ0v) is 19.5. The van der Waals surface area contributed by atoms with Gasteiger partial charge in [0.1, 0.15) is 23.9 Å². The van der Waals surface area contributed by atoms with Crippen molar-refractivity contribution in [3.05, 3.63) is 100 Å². The number of anilines is 1. The van der Waals surface area contributed by atoms with E-state index in [0.29, 0.717) is 35.6 Å². The molecule has 0 aliphatic carbocycles. The fourth-order valence-electron chi connectivity index (χ4n) is 4.67. The lowest BCUT2D eigenvalue weighted by atomic mass is 9.94. The van der Waals surface area contributed by atoms with Crippen LogP contribution in [0.1, 0.15) is 28.3 Å². The zero-order chi connectivity index (χ0) is 24.7. The predicted molar refractivity (Wildman–Crippen MR) is 131 cm³/mol. The van der Waals surface area contributed by atoms with Gasteiger partial charge in [-0.1, -0.05) is 42.0 Å². The molecule has 1 fully saturated rings. The Morgan fingerprint density at radius 1 is 1.09 bits per heavy atom. The Bertz CT molecular complexity index is 1350. The minimum absolute atomic E-state index is 0.0297. The number of halogens is 1. The van der Waals surface area contributed by atoms with Crippen LogP contribution in [0.2, 0.25) is 0 Å². The van der Waals surface area contributed by atoms with Gasteiger partial charge < -0.3 is 19.6 Å². The first-order valence-corrected chi connectivity index (χ1v) is 11.4. The average molecular weight is 473 g/mol. The van der Waals surface area contributed by atoms with Crippen LogP contribution < -0.4 is 9.64 Å². The van der Waals surface area contributed by atoms with Crippen molar-refractivity contribution >= 4 is 23.1 Å². The first-order chi connectivity index (χ1) is 16.8. The second-order valence-corrected chi connectivity index (χ2v) is 8.92. The van der Waals surface area contributed by atoms with Crippen molar-refractivity contribution < 1.29 is 23.8 Å². The Balaban J connectivity index is 1.64. The van der Waals surface area contributed by atoms with E-state index >= 15 is 0 Å². The number of amides is 1. The van der Waals surface area contributed by atoms with Gasteiger partial charge in [-0.15, -0.1) is 0 Å². The Hall–Kier alpha value is -4.13. The third-order valence-corrected chi connectivity index (χ3v) is 6.49. The second kappa shape index (κ2) is 8.91. The van der Waals surface area contributed by atoms with E-state index in [9.17, 15) is 19.1 Å². The molecule has 0 saturated carbocycles. The minimum Gasteiger partial charge on any atom is -0.507 e. The molecule has 2 aliphatic rings. The van der Waals surface area contributed by atoms with Crippen molar-refractivity contribution in [3.8, 4) is 5.75 Å². The number of benzene rings is 3. The van der Waals surface area contributed by atoms with E-state index in [-0.39, 0.29) is 23.7 Å². The van der Waals surface area contributed by atoms with Crippen LogP contribution in [-0.2, 0) is 16.1 Å². The molecule has 1 N–H and O–H groups in total. The molecule has 2 heterocycles. The number of nitrogens with zero attached hydrogens (tertiary/aromatic N) is 2. The maximum Gasteiger partial charge on any atom is 0.295 e. The van der Waals surface area contributed by atoms with E-state index in [0.717, 1.165) is 11.3 Å². The SMILES string of the molecule is Cc1cccc(C2/C(=C(/O)c3ccc4c(c3)N(C)CCO4)C(=O)C(=O)N2Cc2ccc(F)cc2)c1. The van der Waals surface area contributed by atoms with Crippen LogP contribution in [0.5, 0.6) is 5.75 Å². The zero-order valence-electron chi connectivity index (χ0n) is 19.5.